The second-order valence-electron chi connectivity index (χ2n) is 5.87. The lowest BCUT2D eigenvalue weighted by atomic mass is 10.2. The molecule has 0 saturated carbocycles. The molecular formula is C21H19ClN2O3S. The van der Waals surface area contributed by atoms with Gasteiger partial charge in [0.2, 0.25) is 0 Å². The fourth-order valence-corrected chi connectivity index (χ4v) is 2.79. The first kappa shape index (κ1) is 19.9. The van der Waals surface area contributed by atoms with E-state index in [0.29, 0.717) is 35.2 Å². The van der Waals surface area contributed by atoms with Gasteiger partial charge in [-0.2, -0.15) is 0 Å². The summed E-state index contributed by atoms with van der Waals surface area (Å²) >= 11 is 11.1. The zero-order valence-corrected chi connectivity index (χ0v) is 16.8. The smallest absolute Gasteiger partial charge is 0.257 e. The molecule has 3 rings (SSSR count). The van der Waals surface area contributed by atoms with Crippen molar-refractivity contribution in [2.24, 2.45) is 0 Å². The fourth-order valence-electron chi connectivity index (χ4n) is 2.50. The lowest BCUT2D eigenvalue weighted by Crippen LogP contribution is -2.38. The maximum absolute atomic E-state index is 12.2. The third kappa shape index (κ3) is 5.34. The monoisotopic (exact) mass is 414 g/mol. The molecule has 0 aliphatic heterocycles. The number of hydrogen-bond donors (Lipinski definition) is 2. The van der Waals surface area contributed by atoms with Crippen LogP contribution in [0.1, 0.15) is 23.0 Å². The van der Waals surface area contributed by atoms with Gasteiger partial charge in [0.25, 0.3) is 5.91 Å². The summed E-state index contributed by atoms with van der Waals surface area (Å²) in [7, 11) is 0. The maximum Gasteiger partial charge on any atom is 0.257 e. The molecule has 0 spiro atoms. The Labute approximate surface area is 173 Å². The molecule has 5 nitrogen and oxygen atoms in total. The Morgan fingerprint density at radius 1 is 1.07 bits per heavy atom. The molecule has 0 radical (unpaired) electrons. The Morgan fingerprint density at radius 2 is 1.79 bits per heavy atom. The van der Waals surface area contributed by atoms with E-state index in [1.807, 2.05) is 43.3 Å². The SMILES string of the molecule is CCOc1ccc(C(=O)NC(=S)NCc2ccc(-c3ccc(Cl)cc3)o2)cc1. The number of hydrogen-bond acceptors (Lipinski definition) is 4. The van der Waals surface area contributed by atoms with Crippen LogP contribution in [0.25, 0.3) is 11.3 Å². The van der Waals surface area contributed by atoms with Gasteiger partial charge in [-0.15, -0.1) is 0 Å². The number of furan rings is 1. The van der Waals surface area contributed by atoms with E-state index < -0.39 is 0 Å². The summed E-state index contributed by atoms with van der Waals surface area (Å²) in [6.07, 6.45) is 0. The summed E-state index contributed by atoms with van der Waals surface area (Å²) in [4.78, 5) is 12.2. The Balaban J connectivity index is 1.51. The molecule has 0 unspecified atom stereocenters. The summed E-state index contributed by atoms with van der Waals surface area (Å²) in [5.74, 6) is 1.86. The average molecular weight is 415 g/mol. The quantitative estimate of drug-likeness (QED) is 0.567. The number of nitrogens with one attached hydrogen (secondary N) is 2. The van der Waals surface area contributed by atoms with E-state index in [0.717, 1.165) is 11.3 Å². The lowest BCUT2D eigenvalue weighted by Gasteiger charge is -2.09. The minimum atomic E-state index is -0.290. The van der Waals surface area contributed by atoms with Crippen LogP contribution in [0.15, 0.2) is 65.1 Å². The summed E-state index contributed by atoms with van der Waals surface area (Å²) < 4.78 is 11.2. The van der Waals surface area contributed by atoms with Gasteiger partial charge in [0.05, 0.1) is 13.2 Å². The van der Waals surface area contributed by atoms with Crippen LogP contribution < -0.4 is 15.4 Å². The molecule has 0 atom stereocenters. The van der Waals surface area contributed by atoms with Gasteiger partial charge < -0.3 is 14.5 Å². The van der Waals surface area contributed by atoms with Gasteiger partial charge >= 0.3 is 0 Å². The van der Waals surface area contributed by atoms with Crippen LogP contribution in [0.3, 0.4) is 0 Å². The van der Waals surface area contributed by atoms with Crippen LogP contribution in [0.4, 0.5) is 0 Å². The number of rotatable bonds is 6. The second-order valence-corrected chi connectivity index (χ2v) is 6.71. The fraction of sp³-hybridized carbons (Fsp3) is 0.143. The van der Waals surface area contributed by atoms with Gasteiger partial charge in [-0.3, -0.25) is 10.1 Å². The molecule has 2 N–H and O–H groups in total. The molecule has 0 bridgehead atoms. The van der Waals surface area contributed by atoms with Crippen LogP contribution in [-0.2, 0) is 6.54 Å². The molecule has 2 aromatic carbocycles. The zero-order valence-electron chi connectivity index (χ0n) is 15.2. The Hall–Kier alpha value is -2.83. The zero-order chi connectivity index (χ0) is 19.9. The summed E-state index contributed by atoms with van der Waals surface area (Å²) in [6.45, 7) is 2.84. The summed E-state index contributed by atoms with van der Waals surface area (Å²) in [5.41, 5.74) is 1.43. The summed E-state index contributed by atoms with van der Waals surface area (Å²) in [6, 6.07) is 18.0. The Morgan fingerprint density at radius 3 is 2.46 bits per heavy atom. The minimum absolute atomic E-state index is 0.225. The first-order chi connectivity index (χ1) is 13.5. The number of carbonyl (C=O) groups is 1. The number of thiocarbonyl (C=S) groups is 1. The molecule has 144 valence electrons. The molecule has 1 heterocycles. The lowest BCUT2D eigenvalue weighted by molar-refractivity contribution is 0.0976. The predicted molar refractivity (Wildman–Crippen MR) is 114 cm³/mol. The standard InChI is InChI=1S/C21H19ClN2O3S/c1-2-26-17-9-5-15(6-10-17)20(25)24-21(28)23-13-18-11-12-19(27-18)14-3-7-16(22)8-4-14/h3-12H,2,13H2,1H3,(H2,23,24,25,28). The maximum atomic E-state index is 12.2. The van der Waals surface area contributed by atoms with Crippen LogP contribution in [0.5, 0.6) is 5.75 Å². The molecular weight excluding hydrogens is 396 g/mol. The molecule has 3 aromatic rings. The van der Waals surface area contributed by atoms with Gasteiger partial charge in [-0.25, -0.2) is 0 Å². The number of ether oxygens (including phenoxy) is 1. The van der Waals surface area contributed by atoms with Crippen LogP contribution in [0, 0.1) is 0 Å². The molecule has 0 saturated heterocycles. The van der Waals surface area contributed by atoms with Gasteiger partial charge in [0.1, 0.15) is 17.3 Å². The molecule has 0 aliphatic rings. The third-order valence-corrected chi connectivity index (χ3v) is 4.37. The van der Waals surface area contributed by atoms with Gasteiger partial charge in [0, 0.05) is 16.1 Å². The van der Waals surface area contributed by atoms with Crippen LogP contribution in [0.2, 0.25) is 5.02 Å². The summed E-state index contributed by atoms with van der Waals surface area (Å²) in [5, 5.41) is 6.51. The van der Waals surface area contributed by atoms with E-state index in [2.05, 4.69) is 10.6 Å². The van der Waals surface area contributed by atoms with E-state index in [9.17, 15) is 4.79 Å². The largest absolute Gasteiger partial charge is 0.494 e. The van der Waals surface area contributed by atoms with Crippen molar-refractivity contribution in [1.29, 1.82) is 0 Å². The van der Waals surface area contributed by atoms with Crippen molar-refractivity contribution in [3.8, 4) is 17.1 Å². The molecule has 0 aliphatic carbocycles. The highest BCUT2D eigenvalue weighted by Crippen LogP contribution is 2.23. The molecule has 7 heteroatoms. The van der Waals surface area contributed by atoms with Crippen molar-refractivity contribution >= 4 is 34.8 Å². The van der Waals surface area contributed by atoms with Crippen LogP contribution >= 0.6 is 23.8 Å². The Bertz CT molecular complexity index is 953. The normalized spacial score (nSPS) is 10.4. The number of amides is 1. The highest BCUT2D eigenvalue weighted by atomic mass is 35.5. The topological polar surface area (TPSA) is 63.5 Å². The first-order valence-electron chi connectivity index (χ1n) is 8.72. The van der Waals surface area contributed by atoms with Crippen molar-refractivity contribution in [2.45, 2.75) is 13.5 Å². The van der Waals surface area contributed by atoms with Crippen molar-refractivity contribution in [2.75, 3.05) is 6.61 Å². The van der Waals surface area contributed by atoms with Gasteiger partial charge in [-0.05, 0) is 79.8 Å². The molecule has 28 heavy (non-hydrogen) atoms. The van der Waals surface area contributed by atoms with E-state index in [-0.39, 0.29) is 11.0 Å². The van der Waals surface area contributed by atoms with Crippen molar-refractivity contribution in [1.82, 2.24) is 10.6 Å². The first-order valence-corrected chi connectivity index (χ1v) is 9.50. The molecule has 1 aromatic heterocycles. The Kier molecular flexibility index (Phi) is 6.68. The average Bonchev–Trinajstić information content (AvgIpc) is 3.17. The number of carbonyl (C=O) groups excluding carboxylic acids is 1. The highest BCUT2D eigenvalue weighted by Gasteiger charge is 2.09. The van der Waals surface area contributed by atoms with Crippen molar-refractivity contribution in [3.05, 3.63) is 77.0 Å². The molecule has 0 fully saturated rings. The van der Waals surface area contributed by atoms with Crippen molar-refractivity contribution < 1.29 is 13.9 Å². The van der Waals surface area contributed by atoms with E-state index in [1.54, 1.807) is 24.3 Å². The van der Waals surface area contributed by atoms with Crippen molar-refractivity contribution in [3.63, 3.8) is 0 Å². The van der Waals surface area contributed by atoms with E-state index >= 15 is 0 Å². The number of halogens is 1. The predicted octanol–water partition coefficient (Wildman–Crippen LogP) is 4.80. The second kappa shape index (κ2) is 9.39. The highest BCUT2D eigenvalue weighted by molar-refractivity contribution is 7.80. The molecule has 1 amide bonds. The van der Waals surface area contributed by atoms with Gasteiger partial charge in [-0.1, -0.05) is 11.6 Å². The minimum Gasteiger partial charge on any atom is -0.494 e. The third-order valence-electron chi connectivity index (χ3n) is 3.87. The van der Waals surface area contributed by atoms with Gasteiger partial charge in [0.15, 0.2) is 5.11 Å². The van der Waals surface area contributed by atoms with E-state index in [1.165, 1.54) is 0 Å². The van der Waals surface area contributed by atoms with E-state index in [4.69, 9.17) is 33.0 Å². The number of benzene rings is 2. The van der Waals surface area contributed by atoms with Crippen LogP contribution in [-0.4, -0.2) is 17.6 Å².